The van der Waals surface area contributed by atoms with Crippen LogP contribution in [0.5, 0.6) is 0 Å². The van der Waals surface area contributed by atoms with Crippen LogP contribution in [0.1, 0.15) is 29.5 Å². The zero-order chi connectivity index (χ0) is 18.7. The number of para-hydroxylation sites is 1. The van der Waals surface area contributed by atoms with Gasteiger partial charge in [-0.1, -0.05) is 30.3 Å². The second-order valence-corrected chi connectivity index (χ2v) is 6.67. The molecule has 2 amide bonds. The second kappa shape index (κ2) is 7.66. The number of carbonyl (C=O) groups is 2. The molecule has 3 rings (SSSR count). The minimum absolute atomic E-state index is 0.120. The fourth-order valence-corrected chi connectivity index (χ4v) is 3.28. The Balaban J connectivity index is 1.74. The Morgan fingerprint density at radius 2 is 2.04 bits per heavy atom. The Kier molecular flexibility index (Phi) is 5.32. The molecular formula is C20H22FN3O2. The first-order valence-electron chi connectivity index (χ1n) is 8.54. The molecule has 26 heavy (non-hydrogen) atoms. The lowest BCUT2D eigenvalue weighted by molar-refractivity contribution is -0.126. The third-order valence-electron chi connectivity index (χ3n) is 4.64. The number of nitrogens with one attached hydrogen (secondary N) is 2. The van der Waals surface area contributed by atoms with Crippen LogP contribution in [-0.2, 0) is 9.59 Å². The molecule has 2 N–H and O–H groups in total. The van der Waals surface area contributed by atoms with Gasteiger partial charge in [-0.25, -0.2) is 4.39 Å². The van der Waals surface area contributed by atoms with E-state index in [0.29, 0.717) is 12.2 Å². The Morgan fingerprint density at radius 1 is 1.27 bits per heavy atom. The van der Waals surface area contributed by atoms with Crippen LogP contribution in [0.15, 0.2) is 48.5 Å². The molecular weight excluding hydrogens is 333 g/mol. The standard InChI is InChI=1S/C20H22FN3O2/c1-24(2)18(13-6-5-7-14(21)10-13)12-22-20(26)16-11-19(25)23-17-9-4-3-8-15(16)17/h3-10,16,18H,11-12H2,1-2H3,(H,22,26)(H,23,25). The smallest absolute Gasteiger partial charge is 0.228 e. The first kappa shape index (κ1) is 18.1. The highest BCUT2D eigenvalue weighted by molar-refractivity contribution is 6.01. The largest absolute Gasteiger partial charge is 0.354 e. The number of anilines is 1. The number of hydrogen-bond acceptors (Lipinski definition) is 3. The van der Waals surface area contributed by atoms with Gasteiger partial charge in [0.25, 0.3) is 0 Å². The van der Waals surface area contributed by atoms with Crippen molar-refractivity contribution in [2.45, 2.75) is 18.4 Å². The molecule has 1 aliphatic heterocycles. The number of nitrogens with zero attached hydrogens (tertiary/aromatic N) is 1. The fourth-order valence-electron chi connectivity index (χ4n) is 3.28. The van der Waals surface area contributed by atoms with E-state index in [1.807, 2.05) is 43.3 Å². The summed E-state index contributed by atoms with van der Waals surface area (Å²) < 4.78 is 13.5. The highest BCUT2D eigenvalue weighted by Gasteiger charge is 2.30. The van der Waals surface area contributed by atoms with Gasteiger partial charge in [0.1, 0.15) is 5.82 Å². The Hall–Kier alpha value is -2.73. The van der Waals surface area contributed by atoms with E-state index in [-0.39, 0.29) is 30.1 Å². The van der Waals surface area contributed by atoms with Gasteiger partial charge in [0.05, 0.1) is 12.0 Å². The molecule has 2 aromatic carbocycles. The second-order valence-electron chi connectivity index (χ2n) is 6.67. The molecule has 2 unspecified atom stereocenters. The van der Waals surface area contributed by atoms with Crippen molar-refractivity contribution >= 4 is 17.5 Å². The zero-order valence-corrected chi connectivity index (χ0v) is 14.8. The maximum absolute atomic E-state index is 13.5. The molecule has 2 atom stereocenters. The van der Waals surface area contributed by atoms with Crippen LogP contribution in [-0.4, -0.2) is 37.4 Å². The molecule has 0 aliphatic carbocycles. The number of carbonyl (C=O) groups excluding carboxylic acids is 2. The summed E-state index contributed by atoms with van der Waals surface area (Å²) in [5.41, 5.74) is 2.28. The van der Waals surface area contributed by atoms with Gasteiger partial charge >= 0.3 is 0 Å². The van der Waals surface area contributed by atoms with Crippen molar-refractivity contribution in [1.29, 1.82) is 0 Å². The lowest BCUT2D eigenvalue weighted by atomic mass is 9.89. The molecule has 0 saturated heterocycles. The molecule has 0 saturated carbocycles. The maximum Gasteiger partial charge on any atom is 0.228 e. The van der Waals surface area contributed by atoms with Crippen LogP contribution in [0.3, 0.4) is 0 Å². The molecule has 2 aromatic rings. The van der Waals surface area contributed by atoms with Crippen molar-refractivity contribution in [1.82, 2.24) is 10.2 Å². The minimum atomic E-state index is -0.518. The van der Waals surface area contributed by atoms with E-state index in [9.17, 15) is 14.0 Å². The minimum Gasteiger partial charge on any atom is -0.354 e. The van der Waals surface area contributed by atoms with E-state index in [1.165, 1.54) is 12.1 Å². The lowest BCUT2D eigenvalue weighted by Crippen LogP contribution is -2.39. The Labute approximate surface area is 152 Å². The zero-order valence-electron chi connectivity index (χ0n) is 14.8. The summed E-state index contributed by atoms with van der Waals surface area (Å²) in [7, 11) is 3.76. The van der Waals surface area contributed by atoms with Gasteiger partial charge in [-0.05, 0) is 43.4 Å². The number of hydrogen-bond donors (Lipinski definition) is 2. The van der Waals surface area contributed by atoms with Crippen LogP contribution in [0.4, 0.5) is 10.1 Å². The molecule has 0 aromatic heterocycles. The lowest BCUT2D eigenvalue weighted by Gasteiger charge is -2.28. The normalized spacial score (nSPS) is 17.4. The van der Waals surface area contributed by atoms with Gasteiger partial charge in [0.2, 0.25) is 11.8 Å². The average molecular weight is 355 g/mol. The van der Waals surface area contributed by atoms with E-state index in [4.69, 9.17) is 0 Å². The van der Waals surface area contributed by atoms with E-state index in [2.05, 4.69) is 10.6 Å². The van der Waals surface area contributed by atoms with Crippen LogP contribution >= 0.6 is 0 Å². The summed E-state index contributed by atoms with van der Waals surface area (Å²) in [5.74, 6) is -1.19. The van der Waals surface area contributed by atoms with Crippen LogP contribution < -0.4 is 10.6 Å². The van der Waals surface area contributed by atoms with Crippen molar-refractivity contribution in [3.63, 3.8) is 0 Å². The van der Waals surface area contributed by atoms with Crippen LogP contribution in [0, 0.1) is 5.82 Å². The maximum atomic E-state index is 13.5. The van der Waals surface area contributed by atoms with Crippen molar-refractivity contribution in [3.8, 4) is 0 Å². The predicted molar refractivity (Wildman–Crippen MR) is 98.3 cm³/mol. The summed E-state index contributed by atoms with van der Waals surface area (Å²) in [6.07, 6.45) is 0.120. The Morgan fingerprint density at radius 3 is 2.77 bits per heavy atom. The van der Waals surface area contributed by atoms with E-state index >= 15 is 0 Å². The third-order valence-corrected chi connectivity index (χ3v) is 4.64. The number of amides is 2. The van der Waals surface area contributed by atoms with Gasteiger partial charge in [-0.15, -0.1) is 0 Å². The fraction of sp³-hybridized carbons (Fsp3) is 0.300. The third kappa shape index (κ3) is 3.91. The SMILES string of the molecule is CN(C)C(CNC(=O)C1CC(=O)Nc2ccccc21)c1cccc(F)c1. The van der Waals surface area contributed by atoms with Gasteiger partial charge in [-0.2, -0.15) is 0 Å². The van der Waals surface area contributed by atoms with E-state index in [1.54, 1.807) is 12.1 Å². The monoisotopic (exact) mass is 355 g/mol. The summed E-state index contributed by atoms with van der Waals surface area (Å²) in [6.45, 7) is 0.329. The summed E-state index contributed by atoms with van der Waals surface area (Å²) >= 11 is 0. The van der Waals surface area contributed by atoms with Gasteiger partial charge in [0, 0.05) is 18.7 Å². The molecule has 1 heterocycles. The van der Waals surface area contributed by atoms with E-state index in [0.717, 1.165) is 11.1 Å². The molecule has 136 valence electrons. The van der Waals surface area contributed by atoms with Crippen molar-refractivity contribution < 1.29 is 14.0 Å². The number of rotatable bonds is 5. The first-order valence-corrected chi connectivity index (χ1v) is 8.54. The van der Waals surface area contributed by atoms with Crippen molar-refractivity contribution in [3.05, 3.63) is 65.5 Å². The molecule has 0 spiro atoms. The predicted octanol–water partition coefficient (Wildman–Crippen LogP) is 2.67. The molecule has 0 radical (unpaired) electrons. The van der Waals surface area contributed by atoms with Gasteiger partial charge < -0.3 is 15.5 Å². The average Bonchev–Trinajstić information content (AvgIpc) is 2.60. The summed E-state index contributed by atoms with van der Waals surface area (Å²) in [6, 6.07) is 13.5. The number of fused-ring (bicyclic) bond motifs is 1. The molecule has 5 nitrogen and oxygen atoms in total. The van der Waals surface area contributed by atoms with Crippen LogP contribution in [0.2, 0.25) is 0 Å². The quantitative estimate of drug-likeness (QED) is 0.867. The molecule has 0 fully saturated rings. The summed E-state index contributed by atoms with van der Waals surface area (Å²) in [4.78, 5) is 26.6. The molecule has 0 bridgehead atoms. The number of benzene rings is 2. The number of likely N-dealkylation sites (N-methyl/N-ethyl adjacent to an activating group) is 1. The van der Waals surface area contributed by atoms with E-state index < -0.39 is 5.92 Å². The van der Waals surface area contributed by atoms with Gasteiger partial charge in [0.15, 0.2) is 0 Å². The highest BCUT2D eigenvalue weighted by atomic mass is 19.1. The highest BCUT2D eigenvalue weighted by Crippen LogP contribution is 2.32. The van der Waals surface area contributed by atoms with Gasteiger partial charge in [-0.3, -0.25) is 9.59 Å². The topological polar surface area (TPSA) is 61.4 Å². The number of halogens is 1. The van der Waals surface area contributed by atoms with Crippen molar-refractivity contribution in [2.24, 2.45) is 0 Å². The van der Waals surface area contributed by atoms with Crippen molar-refractivity contribution in [2.75, 3.05) is 26.0 Å². The molecule has 6 heteroatoms. The molecule has 1 aliphatic rings. The Bertz CT molecular complexity index is 822. The van der Waals surface area contributed by atoms with Crippen LogP contribution in [0.25, 0.3) is 0 Å². The summed E-state index contributed by atoms with van der Waals surface area (Å²) in [5, 5.41) is 5.72. The first-order chi connectivity index (χ1) is 12.5.